The predicted octanol–water partition coefficient (Wildman–Crippen LogP) is 1.33. The van der Waals surface area contributed by atoms with Crippen LogP contribution in [0.1, 0.15) is 35.0 Å². The number of fused-ring (bicyclic) bond motifs is 1. The molecule has 2 aliphatic rings. The Morgan fingerprint density at radius 2 is 2.08 bits per heavy atom. The Bertz CT molecular complexity index is 739. The van der Waals surface area contributed by atoms with Gasteiger partial charge in [-0.05, 0) is 19.1 Å². The van der Waals surface area contributed by atoms with Gasteiger partial charge in [-0.3, -0.25) is 14.7 Å². The van der Waals surface area contributed by atoms with E-state index in [0.717, 1.165) is 31.2 Å². The van der Waals surface area contributed by atoms with Gasteiger partial charge in [0, 0.05) is 45.1 Å². The van der Waals surface area contributed by atoms with Gasteiger partial charge in [0.2, 0.25) is 0 Å². The van der Waals surface area contributed by atoms with Crippen molar-refractivity contribution in [3.63, 3.8) is 0 Å². The third-order valence-corrected chi connectivity index (χ3v) is 4.97. The van der Waals surface area contributed by atoms with Gasteiger partial charge in [-0.2, -0.15) is 0 Å². The topological polar surface area (TPSA) is 63.5 Å². The second-order valence-corrected chi connectivity index (χ2v) is 6.55. The lowest BCUT2D eigenvalue weighted by atomic mass is 10.2. The molecule has 4 heterocycles. The van der Waals surface area contributed by atoms with E-state index >= 15 is 0 Å². The van der Waals surface area contributed by atoms with E-state index in [0.29, 0.717) is 32.0 Å². The fourth-order valence-corrected chi connectivity index (χ4v) is 3.48. The fraction of sp³-hybridized carbons (Fsp3) is 0.500. The Hall–Kier alpha value is -2.25. The summed E-state index contributed by atoms with van der Waals surface area (Å²) in [5.74, 6) is 0.965. The zero-order chi connectivity index (χ0) is 17.2. The first-order valence-electron chi connectivity index (χ1n) is 8.80. The number of rotatable bonds is 3. The van der Waals surface area contributed by atoms with E-state index in [2.05, 4.69) is 26.4 Å². The summed E-state index contributed by atoms with van der Waals surface area (Å²) in [6.07, 6.45) is 3.73. The first-order valence-corrected chi connectivity index (χ1v) is 8.80. The van der Waals surface area contributed by atoms with E-state index in [4.69, 9.17) is 4.74 Å². The molecule has 7 nitrogen and oxygen atoms in total. The number of imidazole rings is 1. The van der Waals surface area contributed by atoms with Crippen LogP contribution in [0.3, 0.4) is 0 Å². The van der Waals surface area contributed by atoms with E-state index in [9.17, 15) is 4.79 Å². The number of amides is 1. The Morgan fingerprint density at radius 1 is 1.24 bits per heavy atom. The van der Waals surface area contributed by atoms with E-state index < -0.39 is 0 Å². The molecule has 2 aliphatic heterocycles. The van der Waals surface area contributed by atoms with Crippen molar-refractivity contribution in [1.82, 2.24) is 24.3 Å². The van der Waals surface area contributed by atoms with Crippen LogP contribution >= 0.6 is 0 Å². The van der Waals surface area contributed by atoms with Gasteiger partial charge in [0.25, 0.3) is 5.91 Å². The molecule has 1 amide bonds. The average Bonchev–Trinajstić information content (AvgIpc) is 3.10. The highest BCUT2D eigenvalue weighted by molar-refractivity contribution is 5.92. The van der Waals surface area contributed by atoms with Gasteiger partial charge in [0.15, 0.2) is 0 Å². The number of aromatic nitrogens is 3. The molecule has 0 radical (unpaired) electrons. The van der Waals surface area contributed by atoms with Gasteiger partial charge < -0.3 is 14.2 Å². The number of ether oxygens (including phenoxy) is 1. The SMILES string of the molecule is CC1c2nc(C(=O)N3CCOCC3)cn2CCN1Cc1ccccn1. The molecular formula is C18H23N5O2. The van der Waals surface area contributed by atoms with Crippen LogP contribution in [-0.2, 0) is 17.8 Å². The number of carbonyl (C=O) groups is 1. The van der Waals surface area contributed by atoms with E-state index in [-0.39, 0.29) is 11.9 Å². The molecule has 0 bridgehead atoms. The fourth-order valence-electron chi connectivity index (χ4n) is 3.48. The maximum Gasteiger partial charge on any atom is 0.274 e. The Kier molecular flexibility index (Phi) is 4.50. The lowest BCUT2D eigenvalue weighted by Crippen LogP contribution is -2.40. The number of carbonyl (C=O) groups excluding carboxylic acids is 1. The van der Waals surface area contributed by atoms with Crippen LogP contribution < -0.4 is 0 Å². The second kappa shape index (κ2) is 6.93. The molecule has 4 rings (SSSR count). The molecule has 0 saturated carbocycles. The summed E-state index contributed by atoms with van der Waals surface area (Å²) in [4.78, 5) is 25.9. The molecular weight excluding hydrogens is 318 g/mol. The summed E-state index contributed by atoms with van der Waals surface area (Å²) >= 11 is 0. The monoisotopic (exact) mass is 341 g/mol. The molecule has 132 valence electrons. The standard InChI is InChI=1S/C18H23N5O2/c1-14-17-20-16(18(24)21-8-10-25-11-9-21)13-23(17)7-6-22(14)12-15-4-2-3-5-19-15/h2-5,13-14H,6-12H2,1H3. The molecule has 0 aliphatic carbocycles. The summed E-state index contributed by atoms with van der Waals surface area (Å²) in [5.41, 5.74) is 1.60. The van der Waals surface area contributed by atoms with Gasteiger partial charge in [-0.1, -0.05) is 6.07 Å². The van der Waals surface area contributed by atoms with Crippen LogP contribution in [0.5, 0.6) is 0 Å². The molecule has 2 aromatic heterocycles. The highest BCUT2D eigenvalue weighted by atomic mass is 16.5. The van der Waals surface area contributed by atoms with Crippen molar-refractivity contribution >= 4 is 5.91 Å². The maximum atomic E-state index is 12.7. The van der Waals surface area contributed by atoms with Gasteiger partial charge in [-0.25, -0.2) is 4.98 Å². The van der Waals surface area contributed by atoms with Crippen LogP contribution in [-0.4, -0.2) is 63.1 Å². The van der Waals surface area contributed by atoms with Crippen LogP contribution in [0.25, 0.3) is 0 Å². The number of pyridine rings is 1. The van der Waals surface area contributed by atoms with Crippen molar-refractivity contribution in [3.8, 4) is 0 Å². The third-order valence-electron chi connectivity index (χ3n) is 4.97. The highest BCUT2D eigenvalue weighted by Gasteiger charge is 2.29. The van der Waals surface area contributed by atoms with Crippen molar-refractivity contribution in [1.29, 1.82) is 0 Å². The molecule has 2 aromatic rings. The average molecular weight is 341 g/mol. The van der Waals surface area contributed by atoms with Gasteiger partial charge in [0.1, 0.15) is 11.5 Å². The summed E-state index contributed by atoms with van der Waals surface area (Å²) < 4.78 is 7.44. The molecule has 7 heteroatoms. The van der Waals surface area contributed by atoms with Crippen molar-refractivity contribution in [3.05, 3.63) is 47.8 Å². The predicted molar refractivity (Wildman–Crippen MR) is 92.0 cm³/mol. The van der Waals surface area contributed by atoms with Crippen molar-refractivity contribution < 1.29 is 9.53 Å². The molecule has 0 aromatic carbocycles. The first kappa shape index (κ1) is 16.2. The minimum Gasteiger partial charge on any atom is -0.378 e. The highest BCUT2D eigenvalue weighted by Crippen LogP contribution is 2.26. The number of morpholine rings is 1. The third kappa shape index (κ3) is 3.29. The maximum absolute atomic E-state index is 12.7. The molecule has 0 spiro atoms. The van der Waals surface area contributed by atoms with Crippen LogP contribution in [0.2, 0.25) is 0 Å². The summed E-state index contributed by atoms with van der Waals surface area (Å²) in [7, 11) is 0. The largest absolute Gasteiger partial charge is 0.378 e. The minimum atomic E-state index is 0.00803. The Balaban J connectivity index is 1.50. The van der Waals surface area contributed by atoms with Crippen molar-refractivity contribution in [2.75, 3.05) is 32.8 Å². The van der Waals surface area contributed by atoms with Crippen LogP contribution in [0.4, 0.5) is 0 Å². The normalized spacial score (nSPS) is 21.2. The van der Waals surface area contributed by atoms with Crippen molar-refractivity contribution in [2.24, 2.45) is 0 Å². The summed E-state index contributed by atoms with van der Waals surface area (Å²) in [5, 5.41) is 0. The number of hydrogen-bond donors (Lipinski definition) is 0. The van der Waals surface area contributed by atoms with Crippen LogP contribution in [0.15, 0.2) is 30.6 Å². The lowest BCUT2D eigenvalue weighted by molar-refractivity contribution is 0.0299. The molecule has 25 heavy (non-hydrogen) atoms. The lowest BCUT2D eigenvalue weighted by Gasteiger charge is -2.33. The van der Waals surface area contributed by atoms with Gasteiger partial charge in [0.05, 0.1) is 24.9 Å². The Labute approximate surface area is 147 Å². The molecule has 1 unspecified atom stereocenters. The van der Waals surface area contributed by atoms with Crippen LogP contribution in [0, 0.1) is 0 Å². The number of nitrogens with zero attached hydrogens (tertiary/aromatic N) is 5. The van der Waals surface area contributed by atoms with E-state index in [1.54, 1.807) is 0 Å². The zero-order valence-corrected chi connectivity index (χ0v) is 14.5. The Morgan fingerprint density at radius 3 is 2.84 bits per heavy atom. The van der Waals surface area contributed by atoms with E-state index in [1.807, 2.05) is 35.5 Å². The molecule has 1 atom stereocenters. The quantitative estimate of drug-likeness (QED) is 0.843. The molecule has 1 fully saturated rings. The molecule has 1 saturated heterocycles. The molecule has 0 N–H and O–H groups in total. The van der Waals surface area contributed by atoms with Gasteiger partial charge in [-0.15, -0.1) is 0 Å². The van der Waals surface area contributed by atoms with Crippen molar-refractivity contribution in [2.45, 2.75) is 26.1 Å². The van der Waals surface area contributed by atoms with Gasteiger partial charge >= 0.3 is 0 Å². The summed E-state index contributed by atoms with van der Waals surface area (Å²) in [6.45, 7) is 7.19. The second-order valence-electron chi connectivity index (χ2n) is 6.55. The smallest absolute Gasteiger partial charge is 0.274 e. The van der Waals surface area contributed by atoms with E-state index in [1.165, 1.54) is 0 Å². The summed E-state index contributed by atoms with van der Waals surface area (Å²) in [6, 6.07) is 6.14. The number of hydrogen-bond acceptors (Lipinski definition) is 5. The minimum absolute atomic E-state index is 0.00803. The first-order chi connectivity index (χ1) is 12.2. The zero-order valence-electron chi connectivity index (χ0n) is 14.5.